The van der Waals surface area contributed by atoms with Crippen LogP contribution in [0.5, 0.6) is 0 Å². The van der Waals surface area contributed by atoms with Crippen molar-refractivity contribution in [1.29, 1.82) is 0 Å². The first-order valence-corrected chi connectivity index (χ1v) is 4.57. The SMILES string of the molecule is CC(C)(CC(=O)O)C1C=CC=CC1. The molecule has 2 heteroatoms. The Morgan fingerprint density at radius 3 is 2.69 bits per heavy atom. The zero-order chi connectivity index (χ0) is 9.90. The highest BCUT2D eigenvalue weighted by Gasteiger charge is 2.29. The van der Waals surface area contributed by atoms with Gasteiger partial charge in [-0.2, -0.15) is 0 Å². The molecule has 0 aliphatic heterocycles. The molecule has 0 radical (unpaired) electrons. The molecule has 1 aliphatic carbocycles. The van der Waals surface area contributed by atoms with Crippen LogP contribution < -0.4 is 0 Å². The maximum absolute atomic E-state index is 10.6. The Morgan fingerprint density at radius 1 is 1.54 bits per heavy atom. The Labute approximate surface area is 79.0 Å². The van der Waals surface area contributed by atoms with E-state index in [1.807, 2.05) is 26.0 Å². The van der Waals surface area contributed by atoms with E-state index in [9.17, 15) is 4.79 Å². The second-order valence-corrected chi connectivity index (χ2v) is 4.21. The van der Waals surface area contributed by atoms with Crippen molar-refractivity contribution < 1.29 is 9.90 Å². The summed E-state index contributed by atoms with van der Waals surface area (Å²) in [7, 11) is 0. The normalized spacial score (nSPS) is 21.8. The predicted molar refractivity (Wildman–Crippen MR) is 52.4 cm³/mol. The van der Waals surface area contributed by atoms with Crippen molar-refractivity contribution in [3.05, 3.63) is 24.3 Å². The molecule has 0 aromatic carbocycles. The molecule has 0 spiro atoms. The number of carboxylic acid groups (broad SMARTS) is 1. The van der Waals surface area contributed by atoms with Gasteiger partial charge < -0.3 is 5.11 Å². The largest absolute Gasteiger partial charge is 0.481 e. The molecule has 1 N–H and O–H groups in total. The number of hydrogen-bond acceptors (Lipinski definition) is 1. The van der Waals surface area contributed by atoms with Crippen LogP contribution in [0.15, 0.2) is 24.3 Å². The molecule has 0 aromatic rings. The molecule has 1 atom stereocenters. The summed E-state index contributed by atoms with van der Waals surface area (Å²) in [4.78, 5) is 10.6. The Hall–Kier alpha value is -1.05. The molecule has 0 heterocycles. The van der Waals surface area contributed by atoms with Gasteiger partial charge in [0.05, 0.1) is 6.42 Å². The molecule has 2 nitrogen and oxygen atoms in total. The summed E-state index contributed by atoms with van der Waals surface area (Å²) in [5.41, 5.74) is -0.146. The smallest absolute Gasteiger partial charge is 0.303 e. The number of hydrogen-bond donors (Lipinski definition) is 1. The third kappa shape index (κ3) is 2.72. The molecule has 1 aliphatic rings. The van der Waals surface area contributed by atoms with Crippen molar-refractivity contribution in [2.24, 2.45) is 11.3 Å². The number of allylic oxidation sites excluding steroid dienone is 4. The fourth-order valence-corrected chi connectivity index (χ4v) is 1.68. The second-order valence-electron chi connectivity index (χ2n) is 4.21. The molecule has 1 unspecified atom stereocenters. The number of carbonyl (C=O) groups is 1. The predicted octanol–water partition coefficient (Wildman–Crippen LogP) is 2.62. The first-order chi connectivity index (χ1) is 6.02. The van der Waals surface area contributed by atoms with Crippen molar-refractivity contribution in [3.63, 3.8) is 0 Å². The van der Waals surface area contributed by atoms with E-state index in [2.05, 4.69) is 12.2 Å². The van der Waals surface area contributed by atoms with Crippen molar-refractivity contribution in [2.45, 2.75) is 26.7 Å². The van der Waals surface area contributed by atoms with Crippen LogP contribution in [0.25, 0.3) is 0 Å². The maximum atomic E-state index is 10.6. The van der Waals surface area contributed by atoms with Crippen LogP contribution in [-0.2, 0) is 4.79 Å². The summed E-state index contributed by atoms with van der Waals surface area (Å²) in [5, 5.41) is 8.74. The van der Waals surface area contributed by atoms with Gasteiger partial charge in [-0.15, -0.1) is 0 Å². The number of rotatable bonds is 3. The van der Waals surface area contributed by atoms with Gasteiger partial charge >= 0.3 is 5.97 Å². The molecule has 1 rings (SSSR count). The average Bonchev–Trinajstić information content (AvgIpc) is 2.04. The van der Waals surface area contributed by atoms with Gasteiger partial charge in [-0.25, -0.2) is 0 Å². The van der Waals surface area contributed by atoms with Crippen LogP contribution in [0, 0.1) is 11.3 Å². The van der Waals surface area contributed by atoms with Gasteiger partial charge in [-0.3, -0.25) is 4.79 Å². The molecule has 0 aromatic heterocycles. The summed E-state index contributed by atoms with van der Waals surface area (Å²) in [5.74, 6) is -0.360. The molecular formula is C11H16O2. The molecule has 13 heavy (non-hydrogen) atoms. The molecule has 0 amide bonds. The van der Waals surface area contributed by atoms with E-state index in [1.54, 1.807) is 0 Å². The van der Waals surface area contributed by atoms with Crippen molar-refractivity contribution in [1.82, 2.24) is 0 Å². The van der Waals surface area contributed by atoms with Gasteiger partial charge in [0.25, 0.3) is 0 Å². The van der Waals surface area contributed by atoms with E-state index in [0.717, 1.165) is 6.42 Å². The Morgan fingerprint density at radius 2 is 2.23 bits per heavy atom. The zero-order valence-electron chi connectivity index (χ0n) is 8.16. The summed E-state index contributed by atoms with van der Waals surface area (Å²) < 4.78 is 0. The van der Waals surface area contributed by atoms with Crippen molar-refractivity contribution in [3.8, 4) is 0 Å². The molecule has 0 fully saturated rings. The Balaban J connectivity index is 2.63. The fourth-order valence-electron chi connectivity index (χ4n) is 1.68. The van der Waals surface area contributed by atoms with Crippen LogP contribution in [-0.4, -0.2) is 11.1 Å². The summed E-state index contributed by atoms with van der Waals surface area (Å²) in [6.45, 7) is 4.02. The standard InChI is InChI=1S/C11H16O2/c1-11(2,8-10(12)13)9-6-4-3-5-7-9/h3-6,9H,7-8H2,1-2H3,(H,12,13). The Kier molecular flexibility index (Phi) is 2.91. The molecule has 0 bridgehead atoms. The molecule has 0 saturated heterocycles. The fraction of sp³-hybridized carbons (Fsp3) is 0.545. The van der Waals surface area contributed by atoms with Crippen molar-refractivity contribution in [2.75, 3.05) is 0 Å². The van der Waals surface area contributed by atoms with Crippen LogP contribution in [0.4, 0.5) is 0 Å². The third-order valence-electron chi connectivity index (χ3n) is 2.59. The van der Waals surface area contributed by atoms with Crippen LogP contribution in [0.2, 0.25) is 0 Å². The first kappa shape index (κ1) is 10.0. The van der Waals surface area contributed by atoms with Gasteiger partial charge in [0.1, 0.15) is 0 Å². The molecule has 72 valence electrons. The highest BCUT2D eigenvalue weighted by molar-refractivity contribution is 5.67. The number of aliphatic carboxylic acids is 1. The van der Waals surface area contributed by atoms with Crippen LogP contribution in [0.3, 0.4) is 0 Å². The van der Waals surface area contributed by atoms with Gasteiger partial charge in [-0.05, 0) is 17.8 Å². The summed E-state index contributed by atoms with van der Waals surface area (Å²) in [6, 6.07) is 0. The lowest BCUT2D eigenvalue weighted by Crippen LogP contribution is -2.26. The third-order valence-corrected chi connectivity index (χ3v) is 2.59. The topological polar surface area (TPSA) is 37.3 Å². The quantitative estimate of drug-likeness (QED) is 0.724. The summed E-state index contributed by atoms with van der Waals surface area (Å²) >= 11 is 0. The lowest BCUT2D eigenvalue weighted by molar-refractivity contribution is -0.139. The van der Waals surface area contributed by atoms with Gasteiger partial charge in [0.15, 0.2) is 0 Å². The summed E-state index contributed by atoms with van der Waals surface area (Å²) in [6.07, 6.45) is 9.38. The minimum Gasteiger partial charge on any atom is -0.481 e. The van der Waals surface area contributed by atoms with Crippen LogP contribution >= 0.6 is 0 Å². The number of carboxylic acids is 1. The van der Waals surface area contributed by atoms with E-state index in [0.29, 0.717) is 5.92 Å². The highest BCUT2D eigenvalue weighted by atomic mass is 16.4. The van der Waals surface area contributed by atoms with Crippen LogP contribution in [0.1, 0.15) is 26.7 Å². The van der Waals surface area contributed by atoms with E-state index >= 15 is 0 Å². The lowest BCUT2D eigenvalue weighted by atomic mass is 9.73. The van der Waals surface area contributed by atoms with Crippen molar-refractivity contribution >= 4 is 5.97 Å². The lowest BCUT2D eigenvalue weighted by Gasteiger charge is -2.31. The Bertz CT molecular complexity index is 249. The molecular weight excluding hydrogens is 164 g/mol. The van der Waals surface area contributed by atoms with Gasteiger partial charge in [0.2, 0.25) is 0 Å². The van der Waals surface area contributed by atoms with E-state index in [4.69, 9.17) is 5.11 Å². The van der Waals surface area contributed by atoms with E-state index < -0.39 is 5.97 Å². The minimum absolute atomic E-state index is 0.146. The first-order valence-electron chi connectivity index (χ1n) is 4.57. The molecule has 0 saturated carbocycles. The zero-order valence-corrected chi connectivity index (χ0v) is 8.16. The minimum atomic E-state index is -0.715. The highest BCUT2D eigenvalue weighted by Crippen LogP contribution is 2.35. The average molecular weight is 180 g/mol. The monoisotopic (exact) mass is 180 g/mol. The maximum Gasteiger partial charge on any atom is 0.303 e. The van der Waals surface area contributed by atoms with Gasteiger partial charge in [-0.1, -0.05) is 38.2 Å². The van der Waals surface area contributed by atoms with E-state index in [-0.39, 0.29) is 11.8 Å². The van der Waals surface area contributed by atoms with Gasteiger partial charge in [0, 0.05) is 0 Å². The second kappa shape index (κ2) is 3.77. The van der Waals surface area contributed by atoms with E-state index in [1.165, 1.54) is 0 Å².